The third-order valence-corrected chi connectivity index (χ3v) is 7.27. The van der Waals surface area contributed by atoms with Gasteiger partial charge in [-0.15, -0.1) is 22.0 Å². The Morgan fingerprint density at radius 3 is 2.58 bits per heavy atom. The molecule has 0 saturated heterocycles. The molecule has 0 aliphatic rings. The van der Waals surface area contributed by atoms with Crippen LogP contribution in [0.2, 0.25) is 0 Å². The molecule has 2 aromatic heterocycles. The van der Waals surface area contributed by atoms with Gasteiger partial charge in [-0.05, 0) is 32.9 Å². The molecule has 0 aliphatic carbocycles. The lowest BCUT2D eigenvalue weighted by Gasteiger charge is -2.07. The van der Waals surface area contributed by atoms with Crippen LogP contribution in [0.25, 0.3) is 0 Å². The molecule has 31 heavy (non-hydrogen) atoms. The molecular formula is C20H23N5O3S3. The number of carbonyl (C=O) groups excluding carboxylic acids is 2. The summed E-state index contributed by atoms with van der Waals surface area (Å²) in [6.07, 6.45) is 0. The Bertz CT molecular complexity index is 1060. The van der Waals surface area contributed by atoms with Gasteiger partial charge < -0.3 is 14.6 Å². The van der Waals surface area contributed by atoms with Crippen molar-refractivity contribution in [1.29, 1.82) is 0 Å². The van der Waals surface area contributed by atoms with Crippen molar-refractivity contribution in [2.75, 3.05) is 18.2 Å². The van der Waals surface area contributed by atoms with Crippen LogP contribution in [0.5, 0.6) is 0 Å². The number of ether oxygens (including phenoxy) is 1. The maximum absolute atomic E-state index is 12.3. The van der Waals surface area contributed by atoms with Crippen LogP contribution in [-0.4, -0.2) is 44.5 Å². The summed E-state index contributed by atoms with van der Waals surface area (Å²) in [5.74, 6) is 1.04. The smallest absolute Gasteiger partial charge is 0.350 e. The zero-order valence-electron chi connectivity index (χ0n) is 17.7. The monoisotopic (exact) mass is 477 g/mol. The third-order valence-electron chi connectivity index (χ3n) is 4.24. The van der Waals surface area contributed by atoms with E-state index in [-0.39, 0.29) is 11.7 Å². The zero-order chi connectivity index (χ0) is 22.4. The Morgan fingerprint density at radius 1 is 1.16 bits per heavy atom. The number of hydrogen-bond donors (Lipinski definition) is 1. The fraction of sp³-hybridized carbons (Fsp3) is 0.350. The van der Waals surface area contributed by atoms with Gasteiger partial charge in [0.15, 0.2) is 10.3 Å². The number of rotatable bonds is 9. The molecule has 0 bridgehead atoms. The molecule has 0 unspecified atom stereocenters. The van der Waals surface area contributed by atoms with Crippen LogP contribution in [0.4, 0.5) is 5.13 Å². The summed E-state index contributed by atoms with van der Waals surface area (Å²) < 4.78 is 6.73. The summed E-state index contributed by atoms with van der Waals surface area (Å²) in [6, 6.07) is 8.37. The van der Waals surface area contributed by atoms with Crippen LogP contribution in [-0.2, 0) is 21.8 Å². The van der Waals surface area contributed by atoms with Crippen molar-refractivity contribution >= 4 is 51.9 Å². The van der Waals surface area contributed by atoms with Crippen LogP contribution in [0, 0.1) is 13.8 Å². The highest BCUT2D eigenvalue weighted by Gasteiger charge is 2.18. The predicted octanol–water partition coefficient (Wildman–Crippen LogP) is 4.18. The minimum atomic E-state index is -0.461. The van der Waals surface area contributed by atoms with Gasteiger partial charge in [-0.2, -0.15) is 0 Å². The van der Waals surface area contributed by atoms with Gasteiger partial charge in [-0.25, -0.2) is 9.78 Å². The Balaban J connectivity index is 1.57. The maximum atomic E-state index is 12.3. The van der Waals surface area contributed by atoms with Crippen molar-refractivity contribution in [2.24, 2.45) is 0 Å². The summed E-state index contributed by atoms with van der Waals surface area (Å²) in [4.78, 5) is 29.8. The quantitative estimate of drug-likeness (QED) is 0.362. The van der Waals surface area contributed by atoms with Crippen molar-refractivity contribution in [3.8, 4) is 0 Å². The van der Waals surface area contributed by atoms with Crippen molar-refractivity contribution in [3.63, 3.8) is 0 Å². The van der Waals surface area contributed by atoms with Gasteiger partial charge in [-0.3, -0.25) is 4.79 Å². The lowest BCUT2D eigenvalue weighted by molar-refractivity contribution is -0.113. The first-order chi connectivity index (χ1) is 14.9. The van der Waals surface area contributed by atoms with Gasteiger partial charge in [0.2, 0.25) is 5.91 Å². The summed E-state index contributed by atoms with van der Waals surface area (Å²) in [5.41, 5.74) is 1.76. The molecular weight excluding hydrogens is 454 g/mol. The van der Waals surface area contributed by atoms with E-state index in [1.807, 2.05) is 11.5 Å². The number of amides is 1. The van der Waals surface area contributed by atoms with E-state index in [9.17, 15) is 9.59 Å². The van der Waals surface area contributed by atoms with Crippen LogP contribution in [0.15, 0.2) is 34.3 Å². The Labute approximate surface area is 193 Å². The van der Waals surface area contributed by atoms with E-state index in [1.54, 1.807) is 18.7 Å². The van der Waals surface area contributed by atoms with Crippen molar-refractivity contribution in [3.05, 3.63) is 46.2 Å². The van der Waals surface area contributed by atoms with Gasteiger partial charge >= 0.3 is 5.97 Å². The largest absolute Gasteiger partial charge is 0.465 e. The van der Waals surface area contributed by atoms with Crippen LogP contribution in [0.3, 0.4) is 0 Å². The molecule has 1 amide bonds. The highest BCUT2D eigenvalue weighted by atomic mass is 32.2. The first-order valence-corrected chi connectivity index (χ1v) is 12.3. The number of benzene rings is 1. The molecule has 11 heteroatoms. The van der Waals surface area contributed by atoms with E-state index in [0.717, 1.165) is 23.7 Å². The second kappa shape index (κ2) is 10.8. The number of aromatic nitrogens is 4. The first-order valence-electron chi connectivity index (χ1n) is 9.51. The van der Waals surface area contributed by atoms with Gasteiger partial charge in [0.1, 0.15) is 10.7 Å². The standard InChI is InChI=1S/C20H23N5O3S3/c1-5-25-15(10-29-14-8-6-12(2)7-9-14)23-24-20(25)30-11-16(26)22-19-21-13(3)17(31-19)18(27)28-4/h6-9H,5,10-11H2,1-4H3,(H,21,22,26). The molecule has 2 heterocycles. The van der Waals surface area contributed by atoms with E-state index in [0.29, 0.717) is 26.6 Å². The topological polar surface area (TPSA) is 99.0 Å². The van der Waals surface area contributed by atoms with Crippen molar-refractivity contribution < 1.29 is 14.3 Å². The van der Waals surface area contributed by atoms with E-state index < -0.39 is 5.97 Å². The fourth-order valence-corrected chi connectivity index (χ4v) is 5.21. The number of hydrogen-bond acceptors (Lipinski definition) is 9. The normalized spacial score (nSPS) is 10.8. The van der Waals surface area contributed by atoms with Crippen LogP contribution in [0.1, 0.15) is 33.7 Å². The van der Waals surface area contributed by atoms with Gasteiger partial charge in [0.05, 0.1) is 24.3 Å². The Morgan fingerprint density at radius 2 is 1.90 bits per heavy atom. The summed E-state index contributed by atoms with van der Waals surface area (Å²) in [6.45, 7) is 6.51. The van der Waals surface area contributed by atoms with E-state index in [1.165, 1.54) is 29.3 Å². The lowest BCUT2D eigenvalue weighted by atomic mass is 10.2. The van der Waals surface area contributed by atoms with Gasteiger partial charge in [0, 0.05) is 11.4 Å². The predicted molar refractivity (Wildman–Crippen MR) is 124 cm³/mol. The fourth-order valence-electron chi connectivity index (χ4n) is 2.65. The van der Waals surface area contributed by atoms with E-state index in [2.05, 4.69) is 51.7 Å². The molecule has 1 N–H and O–H groups in total. The molecule has 0 radical (unpaired) electrons. The highest BCUT2D eigenvalue weighted by molar-refractivity contribution is 7.99. The SMILES string of the molecule is CCn1c(CSc2ccc(C)cc2)nnc1SCC(=O)Nc1nc(C)c(C(=O)OC)s1. The number of methoxy groups -OCH3 is 1. The van der Waals surface area contributed by atoms with Crippen molar-refractivity contribution in [1.82, 2.24) is 19.7 Å². The summed E-state index contributed by atoms with van der Waals surface area (Å²) in [5, 5.41) is 12.4. The lowest BCUT2D eigenvalue weighted by Crippen LogP contribution is -2.14. The average Bonchev–Trinajstić information content (AvgIpc) is 3.33. The molecule has 164 valence electrons. The number of thioether (sulfide) groups is 2. The first kappa shape index (κ1) is 23.3. The molecule has 0 saturated carbocycles. The van der Waals surface area contributed by atoms with Crippen molar-refractivity contribution in [2.45, 2.75) is 43.1 Å². The number of carbonyl (C=O) groups is 2. The third kappa shape index (κ3) is 6.08. The molecule has 1 aromatic carbocycles. The number of esters is 1. The summed E-state index contributed by atoms with van der Waals surface area (Å²) in [7, 11) is 1.31. The second-order valence-corrected chi connectivity index (χ2v) is 9.50. The number of nitrogens with one attached hydrogen (secondary N) is 1. The molecule has 0 spiro atoms. The highest BCUT2D eigenvalue weighted by Crippen LogP contribution is 2.26. The molecule has 3 rings (SSSR count). The zero-order valence-corrected chi connectivity index (χ0v) is 20.1. The van der Waals surface area contributed by atoms with Crippen LogP contribution >= 0.6 is 34.9 Å². The maximum Gasteiger partial charge on any atom is 0.350 e. The molecule has 3 aromatic rings. The van der Waals surface area contributed by atoms with Gasteiger partial charge in [-0.1, -0.05) is 40.8 Å². The summed E-state index contributed by atoms with van der Waals surface area (Å²) >= 11 is 4.12. The Hall–Kier alpha value is -2.37. The number of aryl methyl sites for hydroxylation is 2. The Kier molecular flexibility index (Phi) is 8.10. The molecule has 0 atom stereocenters. The average molecular weight is 478 g/mol. The molecule has 8 nitrogen and oxygen atoms in total. The molecule has 0 fully saturated rings. The van der Waals surface area contributed by atoms with E-state index in [4.69, 9.17) is 4.74 Å². The molecule has 0 aliphatic heterocycles. The van der Waals surface area contributed by atoms with Crippen LogP contribution < -0.4 is 5.32 Å². The van der Waals surface area contributed by atoms with Gasteiger partial charge in [0.25, 0.3) is 0 Å². The second-order valence-electron chi connectivity index (χ2n) is 6.51. The minimum Gasteiger partial charge on any atom is -0.465 e. The number of nitrogens with zero attached hydrogens (tertiary/aromatic N) is 4. The van der Waals surface area contributed by atoms with E-state index >= 15 is 0 Å². The number of thiazole rings is 1. The number of anilines is 1. The minimum absolute atomic E-state index is 0.162.